The number of benzene rings is 1. The van der Waals surface area contributed by atoms with E-state index in [1.165, 1.54) is 19.3 Å². The van der Waals surface area contributed by atoms with E-state index in [0.717, 1.165) is 17.9 Å². The summed E-state index contributed by atoms with van der Waals surface area (Å²) in [5, 5.41) is 0.600. The molecule has 0 spiro atoms. The fourth-order valence-electron chi connectivity index (χ4n) is 2.66. The van der Waals surface area contributed by atoms with Crippen molar-refractivity contribution in [3.05, 3.63) is 22.7 Å². The molecule has 4 nitrogen and oxygen atoms in total. The molecule has 1 heterocycles. The highest BCUT2D eigenvalue weighted by Crippen LogP contribution is 2.40. The van der Waals surface area contributed by atoms with Crippen LogP contribution in [0.1, 0.15) is 37.8 Å². The molecule has 21 heavy (non-hydrogen) atoms. The SMILES string of the molecule is CCCCCN(C)C(CN)c1cc(Cl)c2c(c1)OCCO2. The third-order valence-electron chi connectivity index (χ3n) is 3.87. The molecule has 1 unspecified atom stereocenters. The average Bonchev–Trinajstić information content (AvgIpc) is 2.48. The van der Waals surface area contributed by atoms with Gasteiger partial charge in [0.15, 0.2) is 11.5 Å². The van der Waals surface area contributed by atoms with Crippen molar-refractivity contribution >= 4 is 11.6 Å². The predicted octanol–water partition coefficient (Wildman–Crippen LogP) is 3.23. The Morgan fingerprint density at radius 2 is 2.05 bits per heavy atom. The maximum Gasteiger partial charge on any atom is 0.179 e. The van der Waals surface area contributed by atoms with E-state index in [-0.39, 0.29) is 6.04 Å². The van der Waals surface area contributed by atoms with Gasteiger partial charge in [-0.05, 0) is 37.7 Å². The molecule has 0 fully saturated rings. The molecule has 1 atom stereocenters. The van der Waals surface area contributed by atoms with Gasteiger partial charge in [-0.2, -0.15) is 0 Å². The summed E-state index contributed by atoms with van der Waals surface area (Å²) in [6, 6.07) is 4.10. The first kappa shape index (κ1) is 16.4. The molecule has 5 heteroatoms. The van der Waals surface area contributed by atoms with Crippen molar-refractivity contribution in [2.45, 2.75) is 32.2 Å². The molecule has 0 saturated carbocycles. The molecular weight excluding hydrogens is 288 g/mol. The zero-order chi connectivity index (χ0) is 15.2. The molecule has 0 aromatic heterocycles. The Morgan fingerprint density at radius 3 is 2.76 bits per heavy atom. The second kappa shape index (κ2) is 7.87. The zero-order valence-electron chi connectivity index (χ0n) is 12.9. The van der Waals surface area contributed by atoms with Crippen LogP contribution in [-0.2, 0) is 0 Å². The van der Waals surface area contributed by atoms with E-state index in [4.69, 9.17) is 26.8 Å². The maximum absolute atomic E-state index is 6.32. The Bertz CT molecular complexity index is 468. The van der Waals surface area contributed by atoms with Crippen LogP contribution in [0.25, 0.3) is 0 Å². The summed E-state index contributed by atoms with van der Waals surface area (Å²) in [4.78, 5) is 2.29. The molecule has 1 aromatic rings. The summed E-state index contributed by atoms with van der Waals surface area (Å²) in [6.07, 6.45) is 3.64. The molecule has 0 aliphatic carbocycles. The van der Waals surface area contributed by atoms with E-state index in [1.807, 2.05) is 12.1 Å². The summed E-state index contributed by atoms with van der Waals surface area (Å²) in [5.74, 6) is 1.38. The second-order valence-electron chi connectivity index (χ2n) is 5.47. The van der Waals surface area contributed by atoms with Gasteiger partial charge in [0.05, 0.1) is 5.02 Å². The van der Waals surface area contributed by atoms with Gasteiger partial charge in [-0.15, -0.1) is 0 Å². The van der Waals surface area contributed by atoms with Gasteiger partial charge < -0.3 is 15.2 Å². The molecule has 1 aromatic carbocycles. The smallest absolute Gasteiger partial charge is 0.179 e. The summed E-state index contributed by atoms with van der Waals surface area (Å²) in [7, 11) is 2.11. The zero-order valence-corrected chi connectivity index (χ0v) is 13.7. The molecular formula is C16H25ClN2O2. The number of likely N-dealkylation sites (N-methyl/N-ethyl adjacent to an activating group) is 1. The standard InChI is InChI=1S/C16H25ClN2O2/c1-3-4-5-6-19(2)14(11-18)12-9-13(17)16-15(10-12)20-7-8-21-16/h9-10,14H,3-8,11,18H2,1-2H3. The molecule has 2 N–H and O–H groups in total. The van der Waals surface area contributed by atoms with E-state index in [2.05, 4.69) is 18.9 Å². The lowest BCUT2D eigenvalue weighted by Crippen LogP contribution is -2.31. The summed E-state index contributed by atoms with van der Waals surface area (Å²) in [6.45, 7) is 4.90. The van der Waals surface area contributed by atoms with Gasteiger partial charge >= 0.3 is 0 Å². The number of hydrogen-bond acceptors (Lipinski definition) is 4. The molecule has 118 valence electrons. The van der Waals surface area contributed by atoms with Crippen LogP contribution in [0.15, 0.2) is 12.1 Å². The van der Waals surface area contributed by atoms with Crippen LogP contribution < -0.4 is 15.2 Å². The van der Waals surface area contributed by atoms with Crippen LogP contribution in [0.2, 0.25) is 5.02 Å². The van der Waals surface area contributed by atoms with Crippen LogP contribution in [0, 0.1) is 0 Å². The Morgan fingerprint density at radius 1 is 1.29 bits per heavy atom. The van der Waals surface area contributed by atoms with Crippen molar-refractivity contribution in [3.63, 3.8) is 0 Å². The van der Waals surface area contributed by atoms with E-state index >= 15 is 0 Å². The summed E-state index contributed by atoms with van der Waals surface area (Å²) in [5.41, 5.74) is 7.07. The molecule has 0 radical (unpaired) electrons. The van der Waals surface area contributed by atoms with Gasteiger partial charge in [0, 0.05) is 12.6 Å². The number of nitrogens with two attached hydrogens (primary N) is 1. The average molecular weight is 313 g/mol. The lowest BCUT2D eigenvalue weighted by Gasteiger charge is -2.29. The predicted molar refractivity (Wildman–Crippen MR) is 86.4 cm³/mol. The Balaban J connectivity index is 2.16. The van der Waals surface area contributed by atoms with Gasteiger partial charge in [-0.25, -0.2) is 0 Å². The van der Waals surface area contributed by atoms with Crippen LogP contribution in [0.4, 0.5) is 0 Å². The Kier molecular flexibility index (Phi) is 6.15. The molecule has 0 bridgehead atoms. The summed E-state index contributed by atoms with van der Waals surface area (Å²) < 4.78 is 11.2. The van der Waals surface area contributed by atoms with E-state index < -0.39 is 0 Å². The molecule has 0 amide bonds. The molecule has 1 aliphatic heterocycles. The minimum atomic E-state index is 0.148. The number of halogens is 1. The van der Waals surface area contributed by atoms with Gasteiger partial charge in [-0.1, -0.05) is 31.4 Å². The number of nitrogens with zero attached hydrogens (tertiary/aromatic N) is 1. The lowest BCUT2D eigenvalue weighted by molar-refractivity contribution is 0.170. The quantitative estimate of drug-likeness (QED) is 0.785. The lowest BCUT2D eigenvalue weighted by atomic mass is 10.0. The number of rotatable bonds is 7. The minimum Gasteiger partial charge on any atom is -0.486 e. The van der Waals surface area contributed by atoms with Crippen LogP contribution in [-0.4, -0.2) is 38.3 Å². The third kappa shape index (κ3) is 4.02. The highest BCUT2D eigenvalue weighted by molar-refractivity contribution is 6.32. The highest BCUT2D eigenvalue weighted by Gasteiger charge is 2.22. The normalized spacial score (nSPS) is 15.3. The number of ether oxygens (including phenoxy) is 2. The van der Waals surface area contributed by atoms with Gasteiger partial charge in [0.1, 0.15) is 13.2 Å². The van der Waals surface area contributed by atoms with Crippen molar-refractivity contribution in [1.82, 2.24) is 4.90 Å². The van der Waals surface area contributed by atoms with Gasteiger partial charge in [0.25, 0.3) is 0 Å². The van der Waals surface area contributed by atoms with Crippen molar-refractivity contribution in [2.24, 2.45) is 5.73 Å². The van der Waals surface area contributed by atoms with E-state index in [0.29, 0.717) is 30.5 Å². The first-order valence-corrected chi connectivity index (χ1v) is 8.04. The maximum atomic E-state index is 6.32. The highest BCUT2D eigenvalue weighted by atomic mass is 35.5. The number of unbranched alkanes of at least 4 members (excludes halogenated alkanes) is 2. The summed E-state index contributed by atoms with van der Waals surface area (Å²) >= 11 is 6.32. The minimum absolute atomic E-state index is 0.148. The van der Waals surface area contributed by atoms with Crippen LogP contribution >= 0.6 is 11.6 Å². The van der Waals surface area contributed by atoms with Crippen molar-refractivity contribution in [1.29, 1.82) is 0 Å². The second-order valence-corrected chi connectivity index (χ2v) is 5.87. The van der Waals surface area contributed by atoms with Crippen molar-refractivity contribution in [2.75, 3.05) is 33.4 Å². The van der Waals surface area contributed by atoms with Gasteiger partial charge in [0.2, 0.25) is 0 Å². The Hall–Kier alpha value is -0.970. The molecule has 2 rings (SSSR count). The van der Waals surface area contributed by atoms with Crippen molar-refractivity contribution < 1.29 is 9.47 Å². The largest absolute Gasteiger partial charge is 0.486 e. The number of fused-ring (bicyclic) bond motifs is 1. The molecule has 0 saturated heterocycles. The first-order valence-electron chi connectivity index (χ1n) is 7.66. The van der Waals surface area contributed by atoms with Crippen molar-refractivity contribution in [3.8, 4) is 11.5 Å². The van der Waals surface area contributed by atoms with Gasteiger partial charge in [-0.3, -0.25) is 4.90 Å². The third-order valence-corrected chi connectivity index (χ3v) is 4.15. The fourth-order valence-corrected chi connectivity index (χ4v) is 2.93. The van der Waals surface area contributed by atoms with Crippen LogP contribution in [0.3, 0.4) is 0 Å². The van der Waals surface area contributed by atoms with E-state index in [1.54, 1.807) is 0 Å². The fraction of sp³-hybridized carbons (Fsp3) is 0.625. The van der Waals surface area contributed by atoms with E-state index in [9.17, 15) is 0 Å². The number of hydrogen-bond donors (Lipinski definition) is 1. The monoisotopic (exact) mass is 312 g/mol. The Labute approximate surface area is 132 Å². The first-order chi connectivity index (χ1) is 10.2. The topological polar surface area (TPSA) is 47.7 Å². The molecule has 1 aliphatic rings. The van der Waals surface area contributed by atoms with Crippen LogP contribution in [0.5, 0.6) is 11.5 Å².